The highest BCUT2D eigenvalue weighted by Gasteiger charge is 2.44. The summed E-state index contributed by atoms with van der Waals surface area (Å²) in [4.78, 5) is 12.6. The van der Waals surface area contributed by atoms with Crippen LogP contribution in [0.4, 0.5) is 0 Å². The molecule has 1 N–H and O–H groups in total. The third kappa shape index (κ3) is 4.48. The molecule has 0 aliphatic heterocycles. The number of hydrogen-bond acceptors (Lipinski definition) is 4. The lowest BCUT2D eigenvalue weighted by Gasteiger charge is -2.37. The standard InChI is InChI=1S/C18H32O4/c1-6-18(12-13(3)4,17(20)21-7-2)14(5)22-16-11-9-8-10-15(16)19/h13,15-16,19H,5-12H2,1-4H3/t15-,16-,18-/m0/s1. The van der Waals surface area contributed by atoms with E-state index in [9.17, 15) is 9.90 Å². The minimum atomic E-state index is -0.818. The number of hydrogen-bond donors (Lipinski definition) is 1. The number of aliphatic hydroxyl groups is 1. The summed E-state index contributed by atoms with van der Waals surface area (Å²) in [6.45, 7) is 12.3. The summed E-state index contributed by atoms with van der Waals surface area (Å²) in [5.74, 6) is 0.510. The lowest BCUT2D eigenvalue weighted by Crippen LogP contribution is -2.40. The minimum absolute atomic E-state index is 0.256. The topological polar surface area (TPSA) is 55.8 Å². The molecule has 1 aliphatic rings. The fourth-order valence-corrected chi connectivity index (χ4v) is 3.27. The van der Waals surface area contributed by atoms with Gasteiger partial charge < -0.3 is 14.6 Å². The maximum absolute atomic E-state index is 12.6. The number of rotatable bonds is 8. The Kier molecular flexibility index (Phi) is 7.40. The summed E-state index contributed by atoms with van der Waals surface area (Å²) in [7, 11) is 0. The van der Waals surface area contributed by atoms with Crippen LogP contribution in [0, 0.1) is 11.3 Å². The second kappa shape index (κ2) is 8.56. The second-order valence-corrected chi connectivity index (χ2v) is 6.69. The Balaban J connectivity index is 2.92. The summed E-state index contributed by atoms with van der Waals surface area (Å²) in [5, 5.41) is 10.1. The predicted molar refractivity (Wildman–Crippen MR) is 87.3 cm³/mol. The SMILES string of the molecule is C=C(O[C@H]1CCCC[C@@H]1O)[C@](CC)(CC(C)C)C(=O)OCC. The largest absolute Gasteiger partial charge is 0.491 e. The second-order valence-electron chi connectivity index (χ2n) is 6.69. The number of aliphatic hydroxyl groups excluding tert-OH is 1. The van der Waals surface area contributed by atoms with E-state index >= 15 is 0 Å². The molecule has 0 aromatic rings. The molecule has 4 heteroatoms. The molecule has 3 atom stereocenters. The van der Waals surface area contributed by atoms with Gasteiger partial charge in [0, 0.05) is 0 Å². The van der Waals surface area contributed by atoms with Crippen molar-refractivity contribution in [3.05, 3.63) is 12.3 Å². The van der Waals surface area contributed by atoms with Crippen molar-refractivity contribution in [3.63, 3.8) is 0 Å². The molecule has 0 spiro atoms. The Hall–Kier alpha value is -1.03. The normalized spacial score (nSPS) is 24.6. The fourth-order valence-electron chi connectivity index (χ4n) is 3.27. The smallest absolute Gasteiger partial charge is 0.319 e. The highest BCUT2D eigenvalue weighted by Crippen LogP contribution is 2.41. The third-order valence-corrected chi connectivity index (χ3v) is 4.52. The van der Waals surface area contributed by atoms with E-state index in [-0.39, 0.29) is 12.1 Å². The van der Waals surface area contributed by atoms with Gasteiger partial charge in [0.1, 0.15) is 17.3 Å². The van der Waals surface area contributed by atoms with E-state index in [2.05, 4.69) is 20.4 Å². The monoisotopic (exact) mass is 312 g/mol. The Labute approximate surface area is 134 Å². The van der Waals surface area contributed by atoms with Gasteiger partial charge in [0.05, 0.1) is 12.7 Å². The molecule has 0 radical (unpaired) electrons. The molecular weight excluding hydrogens is 280 g/mol. The van der Waals surface area contributed by atoms with Crippen molar-refractivity contribution in [2.75, 3.05) is 6.61 Å². The van der Waals surface area contributed by atoms with E-state index in [1.807, 2.05) is 13.8 Å². The van der Waals surface area contributed by atoms with Crippen LogP contribution in [0.2, 0.25) is 0 Å². The zero-order chi connectivity index (χ0) is 16.8. The van der Waals surface area contributed by atoms with E-state index in [1.54, 1.807) is 0 Å². The molecule has 0 aromatic carbocycles. The van der Waals surface area contributed by atoms with Crippen LogP contribution in [0.5, 0.6) is 0 Å². The average Bonchev–Trinajstić information content (AvgIpc) is 2.47. The van der Waals surface area contributed by atoms with E-state index in [0.717, 1.165) is 25.7 Å². The quantitative estimate of drug-likeness (QED) is 0.547. The summed E-state index contributed by atoms with van der Waals surface area (Å²) in [6, 6.07) is 0. The maximum Gasteiger partial charge on any atom is 0.319 e. The lowest BCUT2D eigenvalue weighted by molar-refractivity contribution is -0.158. The molecule has 1 aliphatic carbocycles. The van der Waals surface area contributed by atoms with Gasteiger partial charge in [-0.2, -0.15) is 0 Å². The Morgan fingerprint density at radius 2 is 1.95 bits per heavy atom. The van der Waals surface area contributed by atoms with E-state index in [4.69, 9.17) is 9.47 Å². The van der Waals surface area contributed by atoms with Crippen molar-refractivity contribution >= 4 is 5.97 Å². The Bertz CT molecular complexity index is 377. The summed E-state index contributed by atoms with van der Waals surface area (Å²) in [5.41, 5.74) is -0.818. The van der Waals surface area contributed by atoms with Crippen LogP contribution in [0.1, 0.15) is 66.2 Å². The third-order valence-electron chi connectivity index (χ3n) is 4.52. The van der Waals surface area contributed by atoms with Crippen LogP contribution in [-0.4, -0.2) is 29.9 Å². The highest BCUT2D eigenvalue weighted by molar-refractivity contribution is 5.80. The van der Waals surface area contributed by atoms with Crippen LogP contribution >= 0.6 is 0 Å². The Morgan fingerprint density at radius 1 is 1.32 bits per heavy atom. The van der Waals surface area contributed by atoms with Crippen molar-refractivity contribution in [3.8, 4) is 0 Å². The molecule has 4 nitrogen and oxygen atoms in total. The molecule has 0 aromatic heterocycles. The first-order chi connectivity index (χ1) is 10.4. The first-order valence-corrected chi connectivity index (χ1v) is 8.58. The first kappa shape index (κ1) is 19.0. The number of ether oxygens (including phenoxy) is 2. The van der Waals surface area contributed by atoms with Gasteiger partial charge in [-0.05, 0) is 44.9 Å². The van der Waals surface area contributed by atoms with Gasteiger partial charge in [0.2, 0.25) is 0 Å². The molecule has 0 amide bonds. The number of carbonyl (C=O) groups excluding carboxylic acids is 1. The van der Waals surface area contributed by atoms with Crippen LogP contribution in [0.3, 0.4) is 0 Å². The van der Waals surface area contributed by atoms with Gasteiger partial charge in [-0.3, -0.25) is 4.79 Å². The van der Waals surface area contributed by atoms with Gasteiger partial charge >= 0.3 is 5.97 Å². The number of esters is 1. The van der Waals surface area contributed by atoms with Gasteiger partial charge in [0.15, 0.2) is 0 Å². The Morgan fingerprint density at radius 3 is 2.45 bits per heavy atom. The van der Waals surface area contributed by atoms with Crippen LogP contribution in [0.25, 0.3) is 0 Å². The first-order valence-electron chi connectivity index (χ1n) is 8.58. The summed E-state index contributed by atoms with van der Waals surface area (Å²) >= 11 is 0. The van der Waals surface area contributed by atoms with Crippen molar-refractivity contribution in [2.45, 2.75) is 78.4 Å². The van der Waals surface area contributed by atoms with Crippen molar-refractivity contribution in [1.82, 2.24) is 0 Å². The van der Waals surface area contributed by atoms with E-state index in [1.165, 1.54) is 0 Å². The molecular formula is C18H32O4. The van der Waals surface area contributed by atoms with Crippen molar-refractivity contribution in [1.29, 1.82) is 0 Å². The van der Waals surface area contributed by atoms with E-state index < -0.39 is 11.5 Å². The summed E-state index contributed by atoms with van der Waals surface area (Å²) < 4.78 is 11.3. The zero-order valence-corrected chi connectivity index (χ0v) is 14.6. The van der Waals surface area contributed by atoms with Gasteiger partial charge in [-0.1, -0.05) is 33.8 Å². The molecule has 22 heavy (non-hydrogen) atoms. The van der Waals surface area contributed by atoms with Crippen LogP contribution < -0.4 is 0 Å². The molecule has 1 rings (SSSR count). The summed E-state index contributed by atoms with van der Waals surface area (Å²) in [6.07, 6.45) is 4.13. The molecule has 128 valence electrons. The van der Waals surface area contributed by atoms with Crippen molar-refractivity contribution in [2.24, 2.45) is 11.3 Å². The minimum Gasteiger partial charge on any atom is -0.491 e. The van der Waals surface area contributed by atoms with Crippen molar-refractivity contribution < 1.29 is 19.4 Å². The maximum atomic E-state index is 12.6. The zero-order valence-electron chi connectivity index (χ0n) is 14.6. The molecule has 0 heterocycles. The predicted octanol–water partition coefficient (Wildman–Crippen LogP) is 3.83. The van der Waals surface area contributed by atoms with Crippen LogP contribution in [0.15, 0.2) is 12.3 Å². The number of carbonyl (C=O) groups is 1. The van der Waals surface area contributed by atoms with Gasteiger partial charge in [-0.25, -0.2) is 0 Å². The fraction of sp³-hybridized carbons (Fsp3) is 0.833. The molecule has 0 unspecified atom stereocenters. The van der Waals surface area contributed by atoms with Crippen LogP contribution in [-0.2, 0) is 14.3 Å². The molecule has 0 bridgehead atoms. The molecule has 1 fully saturated rings. The van der Waals surface area contributed by atoms with Gasteiger partial charge in [0.25, 0.3) is 0 Å². The lowest BCUT2D eigenvalue weighted by atomic mass is 9.76. The highest BCUT2D eigenvalue weighted by atomic mass is 16.5. The average molecular weight is 312 g/mol. The molecule has 0 saturated heterocycles. The molecule has 1 saturated carbocycles. The van der Waals surface area contributed by atoms with Gasteiger partial charge in [-0.15, -0.1) is 0 Å². The van der Waals surface area contributed by atoms with E-state index in [0.29, 0.717) is 31.1 Å².